The molecular formula is C18H15ClF3N5. The minimum atomic E-state index is -4.42. The van der Waals surface area contributed by atoms with Crippen molar-refractivity contribution in [1.82, 2.24) is 14.6 Å². The maximum atomic E-state index is 13.1. The van der Waals surface area contributed by atoms with Crippen LogP contribution in [-0.4, -0.2) is 28.7 Å². The summed E-state index contributed by atoms with van der Waals surface area (Å²) in [5.41, 5.74) is 1.70. The fourth-order valence-electron chi connectivity index (χ4n) is 3.04. The van der Waals surface area contributed by atoms with Gasteiger partial charge in [0, 0.05) is 36.2 Å². The number of aromatic nitrogens is 3. The number of nitrogens with zero attached hydrogens (tertiary/aromatic N) is 3. The van der Waals surface area contributed by atoms with Crippen LogP contribution in [0.25, 0.3) is 21.9 Å². The van der Waals surface area contributed by atoms with Gasteiger partial charge in [-0.05, 0) is 36.4 Å². The number of nitrogens with one attached hydrogen (secondary N) is 2. The van der Waals surface area contributed by atoms with Crippen LogP contribution in [0.2, 0.25) is 5.02 Å². The zero-order chi connectivity index (χ0) is 19.3. The topological polar surface area (TPSA) is 48.9 Å². The van der Waals surface area contributed by atoms with Crippen molar-refractivity contribution in [3.8, 4) is 0 Å². The van der Waals surface area contributed by atoms with E-state index in [9.17, 15) is 13.2 Å². The molecule has 0 aliphatic rings. The second kappa shape index (κ2) is 6.09. The number of anilines is 2. The summed E-state index contributed by atoms with van der Waals surface area (Å²) in [6, 6.07) is 8.94. The van der Waals surface area contributed by atoms with E-state index >= 15 is 0 Å². The molecule has 2 aromatic heterocycles. The normalized spacial score (nSPS) is 12.1. The number of hydrogen-bond acceptors (Lipinski definition) is 3. The van der Waals surface area contributed by atoms with E-state index in [2.05, 4.69) is 15.3 Å². The Balaban J connectivity index is 1.85. The Hall–Kier alpha value is -2.87. The molecule has 27 heavy (non-hydrogen) atoms. The predicted molar refractivity (Wildman–Crippen MR) is 101 cm³/mol. The molecule has 4 aromatic rings. The van der Waals surface area contributed by atoms with Crippen LogP contribution in [0.3, 0.4) is 0 Å². The second-order valence-corrected chi connectivity index (χ2v) is 6.75. The Labute approximate surface area is 157 Å². The molecule has 2 aromatic carbocycles. The van der Waals surface area contributed by atoms with E-state index in [1.165, 1.54) is 6.07 Å². The first-order chi connectivity index (χ1) is 12.7. The van der Waals surface area contributed by atoms with Crippen LogP contribution in [-0.2, 0) is 6.18 Å². The maximum absolute atomic E-state index is 13.1. The van der Waals surface area contributed by atoms with E-state index in [4.69, 9.17) is 11.6 Å². The van der Waals surface area contributed by atoms with Crippen LogP contribution in [0.15, 0.2) is 42.6 Å². The van der Waals surface area contributed by atoms with Crippen LogP contribution < -0.4 is 10.3 Å². The lowest BCUT2D eigenvalue weighted by Crippen LogP contribution is -2.26. The van der Waals surface area contributed by atoms with E-state index in [1.54, 1.807) is 42.1 Å². The first-order valence-corrected chi connectivity index (χ1v) is 8.43. The SMILES string of the molecule is CN(C)n1c(Nc2c[nH]c3ccc(Cl)cc23)nc2ccc(C(F)(F)F)cc21. The highest BCUT2D eigenvalue weighted by Gasteiger charge is 2.31. The number of alkyl halides is 3. The summed E-state index contributed by atoms with van der Waals surface area (Å²) in [6.07, 6.45) is -2.65. The molecule has 0 spiro atoms. The molecule has 0 aliphatic carbocycles. The van der Waals surface area contributed by atoms with E-state index in [-0.39, 0.29) is 0 Å². The summed E-state index contributed by atoms with van der Waals surface area (Å²) >= 11 is 6.08. The van der Waals surface area contributed by atoms with Crippen molar-refractivity contribution in [2.45, 2.75) is 6.18 Å². The predicted octanol–water partition coefficient (Wildman–Crippen LogP) is 5.13. The van der Waals surface area contributed by atoms with Crippen LogP contribution in [0.1, 0.15) is 5.56 Å². The van der Waals surface area contributed by atoms with Gasteiger partial charge < -0.3 is 15.3 Å². The minimum Gasteiger partial charge on any atom is -0.359 e. The average Bonchev–Trinajstić information content (AvgIpc) is 3.14. The fraction of sp³-hybridized carbons (Fsp3) is 0.167. The first-order valence-electron chi connectivity index (χ1n) is 8.05. The summed E-state index contributed by atoms with van der Waals surface area (Å²) in [7, 11) is 3.47. The smallest absolute Gasteiger partial charge is 0.359 e. The third kappa shape index (κ3) is 3.06. The van der Waals surface area contributed by atoms with Gasteiger partial charge in [0.25, 0.3) is 0 Å². The zero-order valence-corrected chi connectivity index (χ0v) is 15.2. The van der Waals surface area contributed by atoms with Crippen molar-refractivity contribution >= 4 is 45.2 Å². The lowest BCUT2D eigenvalue weighted by Gasteiger charge is -2.19. The van der Waals surface area contributed by atoms with Crippen LogP contribution in [0.5, 0.6) is 0 Å². The van der Waals surface area contributed by atoms with Crippen LogP contribution in [0.4, 0.5) is 24.8 Å². The van der Waals surface area contributed by atoms with Gasteiger partial charge in [-0.25, -0.2) is 9.66 Å². The highest BCUT2D eigenvalue weighted by atomic mass is 35.5. The van der Waals surface area contributed by atoms with Gasteiger partial charge in [-0.3, -0.25) is 0 Å². The van der Waals surface area contributed by atoms with Gasteiger partial charge in [-0.2, -0.15) is 13.2 Å². The molecule has 0 bridgehead atoms. The number of hydrogen-bond donors (Lipinski definition) is 2. The van der Waals surface area contributed by atoms with E-state index in [0.29, 0.717) is 22.0 Å². The molecule has 9 heteroatoms. The molecule has 0 unspecified atom stereocenters. The standard InChI is InChI=1S/C18H15ClF3N5/c1-26(2)27-16-7-10(18(20,21)22)3-5-14(16)24-17(27)25-15-9-23-13-6-4-11(19)8-12(13)15/h3-9,23H,1-2H3,(H,24,25). The number of imidazole rings is 1. The molecule has 5 nitrogen and oxygen atoms in total. The molecule has 0 atom stereocenters. The van der Waals surface area contributed by atoms with Crippen molar-refractivity contribution in [3.63, 3.8) is 0 Å². The molecule has 140 valence electrons. The largest absolute Gasteiger partial charge is 0.416 e. The van der Waals surface area contributed by atoms with Crippen molar-refractivity contribution in [1.29, 1.82) is 0 Å². The summed E-state index contributed by atoms with van der Waals surface area (Å²) in [5.74, 6) is 0.398. The molecule has 0 radical (unpaired) electrons. The number of aromatic amines is 1. The fourth-order valence-corrected chi connectivity index (χ4v) is 3.21. The Bertz CT molecular complexity index is 1140. The summed E-state index contributed by atoms with van der Waals surface area (Å²) in [5, 5.41) is 6.30. The van der Waals surface area contributed by atoms with Crippen LogP contribution >= 0.6 is 11.6 Å². The van der Waals surface area contributed by atoms with Gasteiger partial charge in [-0.1, -0.05) is 11.6 Å². The van der Waals surface area contributed by atoms with E-state index in [1.807, 2.05) is 6.07 Å². The number of benzene rings is 2. The lowest BCUT2D eigenvalue weighted by molar-refractivity contribution is -0.137. The van der Waals surface area contributed by atoms with Gasteiger partial charge in [0.1, 0.15) is 0 Å². The monoisotopic (exact) mass is 393 g/mol. The number of halogens is 4. The first kappa shape index (κ1) is 17.5. The van der Waals surface area contributed by atoms with Gasteiger partial charge in [0.2, 0.25) is 5.95 Å². The Kier molecular flexibility index (Phi) is 3.96. The van der Waals surface area contributed by atoms with E-state index < -0.39 is 11.7 Å². The van der Waals surface area contributed by atoms with Crippen molar-refractivity contribution < 1.29 is 13.2 Å². The van der Waals surface area contributed by atoms with Crippen molar-refractivity contribution in [2.24, 2.45) is 0 Å². The minimum absolute atomic E-state index is 0.357. The molecule has 0 aliphatic heterocycles. The molecule has 0 amide bonds. The van der Waals surface area contributed by atoms with Crippen LogP contribution in [0, 0.1) is 0 Å². The second-order valence-electron chi connectivity index (χ2n) is 6.31. The number of fused-ring (bicyclic) bond motifs is 2. The van der Waals surface area contributed by atoms with Gasteiger partial charge >= 0.3 is 6.18 Å². The van der Waals surface area contributed by atoms with Gasteiger partial charge in [0.15, 0.2) is 0 Å². The molecule has 0 saturated carbocycles. The lowest BCUT2D eigenvalue weighted by atomic mass is 10.2. The third-order valence-corrected chi connectivity index (χ3v) is 4.48. The molecule has 0 saturated heterocycles. The highest BCUT2D eigenvalue weighted by molar-refractivity contribution is 6.31. The van der Waals surface area contributed by atoms with E-state index in [0.717, 1.165) is 28.7 Å². The Morgan fingerprint density at radius 1 is 1.15 bits per heavy atom. The molecule has 4 rings (SSSR count). The molecular weight excluding hydrogens is 379 g/mol. The number of H-pyrrole nitrogens is 1. The number of rotatable bonds is 3. The molecule has 2 N–H and O–H groups in total. The van der Waals surface area contributed by atoms with Crippen molar-refractivity contribution in [3.05, 3.63) is 53.2 Å². The van der Waals surface area contributed by atoms with Gasteiger partial charge in [0.05, 0.1) is 22.3 Å². The maximum Gasteiger partial charge on any atom is 0.416 e. The Morgan fingerprint density at radius 3 is 2.63 bits per heavy atom. The third-order valence-electron chi connectivity index (χ3n) is 4.25. The summed E-state index contributed by atoms with van der Waals surface area (Å²) < 4.78 is 40.9. The highest BCUT2D eigenvalue weighted by Crippen LogP contribution is 2.34. The van der Waals surface area contributed by atoms with Gasteiger partial charge in [-0.15, -0.1) is 0 Å². The van der Waals surface area contributed by atoms with Crippen molar-refractivity contribution in [2.75, 3.05) is 24.4 Å². The summed E-state index contributed by atoms with van der Waals surface area (Å²) in [4.78, 5) is 7.58. The summed E-state index contributed by atoms with van der Waals surface area (Å²) in [6.45, 7) is 0. The quantitative estimate of drug-likeness (QED) is 0.507. The Morgan fingerprint density at radius 2 is 1.93 bits per heavy atom. The molecule has 0 fully saturated rings. The molecule has 2 heterocycles. The zero-order valence-electron chi connectivity index (χ0n) is 14.4. The average molecular weight is 394 g/mol.